The molecule has 0 heterocycles. The maximum absolute atomic E-state index is 13.0. The second-order valence-electron chi connectivity index (χ2n) is 23.4. The van der Waals surface area contributed by atoms with Gasteiger partial charge < -0.3 is 14.2 Å². The average molecular weight is 1130 g/mol. The highest BCUT2D eigenvalue weighted by Crippen LogP contribution is 2.17. The van der Waals surface area contributed by atoms with Gasteiger partial charge in [-0.25, -0.2) is 0 Å². The third-order valence-electron chi connectivity index (χ3n) is 15.4. The van der Waals surface area contributed by atoms with Crippen LogP contribution in [0.4, 0.5) is 0 Å². The third kappa shape index (κ3) is 67.3. The van der Waals surface area contributed by atoms with E-state index in [4.69, 9.17) is 14.2 Å². The van der Waals surface area contributed by atoms with Crippen LogP contribution in [0.2, 0.25) is 0 Å². The number of ether oxygens (including phenoxy) is 3. The number of hydrogen-bond acceptors (Lipinski definition) is 6. The van der Waals surface area contributed by atoms with Gasteiger partial charge in [0.05, 0.1) is 0 Å². The number of allylic oxidation sites excluding steroid dienone is 14. The Bertz CT molecular complexity index is 1530. The predicted molar refractivity (Wildman–Crippen MR) is 353 cm³/mol. The number of rotatable bonds is 64. The van der Waals surface area contributed by atoms with Gasteiger partial charge in [-0.15, -0.1) is 0 Å². The molecule has 0 rings (SSSR count). The van der Waals surface area contributed by atoms with E-state index in [-0.39, 0.29) is 31.1 Å². The molecule has 0 aromatic heterocycles. The highest BCUT2D eigenvalue weighted by molar-refractivity contribution is 5.71. The average Bonchev–Trinajstić information content (AvgIpc) is 3.47. The summed E-state index contributed by atoms with van der Waals surface area (Å²) in [7, 11) is 0. The van der Waals surface area contributed by atoms with E-state index in [0.29, 0.717) is 19.3 Å². The van der Waals surface area contributed by atoms with Gasteiger partial charge in [0.1, 0.15) is 13.2 Å². The Balaban J connectivity index is 4.39. The van der Waals surface area contributed by atoms with Crippen molar-refractivity contribution in [2.45, 2.75) is 361 Å². The normalized spacial score (nSPS) is 12.6. The summed E-state index contributed by atoms with van der Waals surface area (Å²) in [6.45, 7) is 6.56. The molecule has 0 saturated heterocycles. The fourth-order valence-electron chi connectivity index (χ4n) is 10.1. The monoisotopic (exact) mass is 1130 g/mol. The van der Waals surface area contributed by atoms with Gasteiger partial charge >= 0.3 is 17.9 Å². The van der Waals surface area contributed by atoms with Crippen LogP contribution in [0.3, 0.4) is 0 Å². The van der Waals surface area contributed by atoms with Gasteiger partial charge in [0, 0.05) is 19.3 Å². The lowest BCUT2D eigenvalue weighted by Crippen LogP contribution is -2.30. The van der Waals surface area contributed by atoms with Crippen LogP contribution >= 0.6 is 0 Å². The smallest absolute Gasteiger partial charge is 0.306 e. The first kappa shape index (κ1) is 77.6. The van der Waals surface area contributed by atoms with Crippen molar-refractivity contribution in [1.29, 1.82) is 0 Å². The van der Waals surface area contributed by atoms with Crippen LogP contribution in [0.15, 0.2) is 85.1 Å². The predicted octanol–water partition coefficient (Wildman–Crippen LogP) is 24.2. The van der Waals surface area contributed by atoms with Gasteiger partial charge in [-0.1, -0.05) is 305 Å². The molecular formula is C75H132O6. The molecule has 0 amide bonds. The Kier molecular flexibility index (Phi) is 66.2. The van der Waals surface area contributed by atoms with Gasteiger partial charge in [-0.3, -0.25) is 14.4 Å². The van der Waals surface area contributed by atoms with Crippen LogP contribution in [-0.4, -0.2) is 37.2 Å². The molecule has 0 aliphatic heterocycles. The molecule has 0 spiro atoms. The lowest BCUT2D eigenvalue weighted by Gasteiger charge is -2.18. The van der Waals surface area contributed by atoms with Crippen LogP contribution < -0.4 is 0 Å². The lowest BCUT2D eigenvalue weighted by molar-refractivity contribution is -0.167. The minimum atomic E-state index is -0.786. The van der Waals surface area contributed by atoms with Crippen molar-refractivity contribution >= 4 is 17.9 Å². The van der Waals surface area contributed by atoms with Gasteiger partial charge in [0.2, 0.25) is 0 Å². The number of esters is 3. The van der Waals surface area contributed by atoms with E-state index >= 15 is 0 Å². The van der Waals surface area contributed by atoms with Gasteiger partial charge in [0.15, 0.2) is 6.10 Å². The molecule has 6 nitrogen and oxygen atoms in total. The van der Waals surface area contributed by atoms with E-state index in [2.05, 4.69) is 106 Å². The Labute approximate surface area is 503 Å². The van der Waals surface area contributed by atoms with Crippen molar-refractivity contribution in [3.63, 3.8) is 0 Å². The topological polar surface area (TPSA) is 78.9 Å². The molecule has 0 radical (unpaired) electrons. The quantitative estimate of drug-likeness (QED) is 0.0261. The summed E-state index contributed by atoms with van der Waals surface area (Å²) in [6, 6.07) is 0. The molecule has 0 aromatic carbocycles. The van der Waals surface area contributed by atoms with Crippen molar-refractivity contribution in [3.05, 3.63) is 85.1 Å². The van der Waals surface area contributed by atoms with Crippen LogP contribution in [0, 0.1) is 0 Å². The third-order valence-corrected chi connectivity index (χ3v) is 15.4. The van der Waals surface area contributed by atoms with Crippen molar-refractivity contribution in [2.24, 2.45) is 0 Å². The molecule has 1 unspecified atom stereocenters. The van der Waals surface area contributed by atoms with Crippen molar-refractivity contribution in [3.8, 4) is 0 Å². The van der Waals surface area contributed by atoms with Crippen LogP contribution in [-0.2, 0) is 28.6 Å². The number of carbonyl (C=O) groups excluding carboxylic acids is 3. The maximum atomic E-state index is 13.0. The number of carbonyl (C=O) groups is 3. The lowest BCUT2D eigenvalue weighted by atomic mass is 10.1. The standard InChI is InChI=1S/C75H132O6/c1-4-7-10-13-16-19-22-25-28-31-34-37-40-43-46-49-52-55-58-61-64-67-73(76)79-70-72(81-75(78)69-66-63-60-57-54-51-48-45-42-39-36-33-30-27-24-21-18-15-12-9-6-3)71-80-74(77)68-65-62-59-56-53-50-47-44-41-38-35-32-29-26-23-20-17-14-11-8-5-2/h7,10,16,19,24-25,27-28,32-37,72H,4-6,8-9,11-15,17-18,20-23,26,29-31,38-71H2,1-3H3/b10-7-,19-16-,27-24-,28-25-,35-32-,36-33-,37-34-. The molecule has 0 aliphatic rings. The molecular weight excluding hydrogens is 997 g/mol. The minimum Gasteiger partial charge on any atom is -0.462 e. The van der Waals surface area contributed by atoms with E-state index in [0.717, 1.165) is 96.3 Å². The van der Waals surface area contributed by atoms with Crippen LogP contribution in [0.5, 0.6) is 0 Å². The van der Waals surface area contributed by atoms with E-state index in [1.165, 1.54) is 218 Å². The summed E-state index contributed by atoms with van der Waals surface area (Å²) < 4.78 is 17.0. The first-order chi connectivity index (χ1) is 40.0. The summed E-state index contributed by atoms with van der Waals surface area (Å²) >= 11 is 0. The molecule has 0 aromatic rings. The Hall–Kier alpha value is -3.41. The number of hydrogen-bond donors (Lipinski definition) is 0. The summed E-state index contributed by atoms with van der Waals surface area (Å²) in [4.78, 5) is 38.5. The fraction of sp³-hybridized carbons (Fsp3) is 0.773. The summed E-state index contributed by atoms with van der Waals surface area (Å²) in [5.41, 5.74) is 0. The molecule has 0 aliphatic carbocycles. The zero-order valence-corrected chi connectivity index (χ0v) is 53.8. The Morgan fingerprint density at radius 1 is 0.259 bits per heavy atom. The largest absolute Gasteiger partial charge is 0.462 e. The first-order valence-corrected chi connectivity index (χ1v) is 35.1. The van der Waals surface area contributed by atoms with E-state index in [9.17, 15) is 14.4 Å². The molecule has 6 heteroatoms. The van der Waals surface area contributed by atoms with Crippen LogP contribution in [0.25, 0.3) is 0 Å². The highest BCUT2D eigenvalue weighted by atomic mass is 16.6. The molecule has 0 saturated carbocycles. The Morgan fingerprint density at radius 2 is 0.481 bits per heavy atom. The second-order valence-corrected chi connectivity index (χ2v) is 23.4. The summed E-state index contributed by atoms with van der Waals surface area (Å²) in [5, 5.41) is 0. The summed E-state index contributed by atoms with van der Waals surface area (Å²) in [5.74, 6) is -0.876. The zero-order chi connectivity index (χ0) is 58.5. The Morgan fingerprint density at radius 3 is 0.765 bits per heavy atom. The first-order valence-electron chi connectivity index (χ1n) is 35.1. The van der Waals surface area contributed by atoms with Crippen LogP contribution in [0.1, 0.15) is 355 Å². The number of unbranched alkanes of at least 4 members (excludes halogenated alkanes) is 39. The van der Waals surface area contributed by atoms with E-state index < -0.39 is 6.10 Å². The molecule has 0 N–H and O–H groups in total. The maximum Gasteiger partial charge on any atom is 0.306 e. The fourth-order valence-corrected chi connectivity index (χ4v) is 10.1. The highest BCUT2D eigenvalue weighted by Gasteiger charge is 2.19. The molecule has 468 valence electrons. The molecule has 0 bridgehead atoms. The van der Waals surface area contributed by atoms with Gasteiger partial charge in [-0.2, -0.15) is 0 Å². The zero-order valence-electron chi connectivity index (χ0n) is 53.8. The molecule has 0 fully saturated rings. The van der Waals surface area contributed by atoms with Crippen molar-refractivity contribution < 1.29 is 28.6 Å². The molecule has 1 atom stereocenters. The minimum absolute atomic E-state index is 0.0801. The van der Waals surface area contributed by atoms with Crippen molar-refractivity contribution in [2.75, 3.05) is 13.2 Å². The van der Waals surface area contributed by atoms with Gasteiger partial charge in [-0.05, 0) is 116 Å². The summed E-state index contributed by atoms with van der Waals surface area (Å²) in [6.07, 6.45) is 91.7. The molecule has 81 heavy (non-hydrogen) atoms. The van der Waals surface area contributed by atoms with Gasteiger partial charge in [0.25, 0.3) is 0 Å². The van der Waals surface area contributed by atoms with Crippen molar-refractivity contribution in [1.82, 2.24) is 0 Å². The second kappa shape index (κ2) is 69.1. The SMILES string of the molecule is CC/C=C\C/C=C\C/C=C\C/C=C\CCCCCCCCCCC(=O)OCC(COC(=O)CCCCCCCCCCC/C=C\CCCCCCCCCC)OC(=O)CCCCCCCCCCC/C=C\C/C=C\CCCCCCC. The van der Waals surface area contributed by atoms with E-state index in [1.54, 1.807) is 0 Å². The van der Waals surface area contributed by atoms with E-state index in [1.807, 2.05) is 0 Å².